The Morgan fingerprint density at radius 1 is 1.20 bits per heavy atom. The zero-order chi connectivity index (χ0) is 21.9. The van der Waals surface area contributed by atoms with E-state index in [0.29, 0.717) is 25.4 Å². The number of rotatable bonds is 6. The van der Waals surface area contributed by atoms with E-state index in [1.807, 2.05) is 29.4 Å². The van der Waals surface area contributed by atoms with E-state index in [4.69, 9.17) is 4.74 Å². The van der Waals surface area contributed by atoms with Crippen LogP contribution < -0.4 is 0 Å². The molecule has 1 aliphatic heterocycles. The summed E-state index contributed by atoms with van der Waals surface area (Å²) in [6, 6.07) is 8.44. The molecule has 2 atom stereocenters. The fourth-order valence-corrected chi connectivity index (χ4v) is 4.47. The lowest BCUT2D eigenvalue weighted by Gasteiger charge is -2.35. The lowest BCUT2D eigenvalue weighted by Crippen LogP contribution is -2.48. The first kappa shape index (κ1) is 22.6. The Morgan fingerprint density at radius 2 is 1.83 bits per heavy atom. The first-order valence-electron chi connectivity index (χ1n) is 10.4. The maximum atomic E-state index is 12.7. The molecule has 1 aliphatic rings. The molecule has 0 bridgehead atoms. The summed E-state index contributed by atoms with van der Waals surface area (Å²) in [5.41, 5.74) is 2.38. The molecule has 0 N–H and O–H groups in total. The van der Waals surface area contributed by atoms with Gasteiger partial charge in [-0.05, 0) is 24.8 Å². The van der Waals surface area contributed by atoms with Gasteiger partial charge in [0.25, 0.3) is 0 Å². The van der Waals surface area contributed by atoms with Gasteiger partial charge in [0.2, 0.25) is 5.91 Å². The van der Waals surface area contributed by atoms with Crippen LogP contribution in [-0.4, -0.2) is 56.6 Å². The van der Waals surface area contributed by atoms with Crippen molar-refractivity contribution < 1.29 is 9.53 Å². The summed E-state index contributed by atoms with van der Waals surface area (Å²) < 4.78 is 7.74. The topological polar surface area (TPSA) is 60.2 Å². The molecule has 0 saturated carbocycles. The number of benzene rings is 1. The van der Waals surface area contributed by atoms with Crippen molar-refractivity contribution in [3.05, 3.63) is 42.5 Å². The molecule has 30 heavy (non-hydrogen) atoms. The highest BCUT2D eigenvalue weighted by atomic mass is 32.2. The number of aromatic nitrogens is 3. The minimum atomic E-state index is 0.0646. The fourth-order valence-electron chi connectivity index (χ4n) is 3.62. The van der Waals surface area contributed by atoms with E-state index in [2.05, 4.69) is 61.8 Å². The molecule has 0 radical (unpaired) electrons. The van der Waals surface area contributed by atoms with Crippen LogP contribution in [-0.2, 0) is 21.5 Å². The zero-order valence-corrected chi connectivity index (χ0v) is 19.4. The number of hydrogen-bond donors (Lipinski definition) is 0. The van der Waals surface area contributed by atoms with E-state index in [1.54, 1.807) is 0 Å². The Hall–Kier alpha value is -2.12. The number of amides is 1. The third-order valence-corrected chi connectivity index (χ3v) is 6.09. The molecule has 2 aromatic rings. The summed E-state index contributed by atoms with van der Waals surface area (Å²) in [6.45, 7) is 16.3. The highest BCUT2D eigenvalue weighted by Crippen LogP contribution is 2.28. The molecule has 162 valence electrons. The van der Waals surface area contributed by atoms with Gasteiger partial charge in [0, 0.05) is 25.2 Å². The first-order valence-corrected chi connectivity index (χ1v) is 11.4. The Labute approximate surface area is 183 Å². The Bertz CT molecular complexity index is 876. The molecule has 1 amide bonds. The number of nitrogens with zero attached hydrogens (tertiary/aromatic N) is 4. The van der Waals surface area contributed by atoms with Gasteiger partial charge in [0.05, 0.1) is 18.0 Å². The molecular weight excluding hydrogens is 396 g/mol. The first-order chi connectivity index (χ1) is 14.2. The second-order valence-electron chi connectivity index (χ2n) is 8.88. The molecular formula is C23H32N4O2S. The van der Waals surface area contributed by atoms with Crippen LogP contribution in [0, 0.1) is 0 Å². The van der Waals surface area contributed by atoms with Crippen LogP contribution in [0.4, 0.5) is 0 Å². The lowest BCUT2D eigenvalue weighted by molar-refractivity contribution is -0.140. The summed E-state index contributed by atoms with van der Waals surface area (Å²) in [5.74, 6) is 1.22. The molecule has 0 aliphatic carbocycles. The second-order valence-corrected chi connectivity index (χ2v) is 9.82. The minimum absolute atomic E-state index is 0.0646. The molecule has 7 heteroatoms. The normalized spacial score (nSPS) is 19.7. The van der Waals surface area contributed by atoms with Crippen LogP contribution in [0.25, 0.3) is 11.4 Å². The van der Waals surface area contributed by atoms with Gasteiger partial charge >= 0.3 is 0 Å². The smallest absolute Gasteiger partial charge is 0.233 e. The Kier molecular flexibility index (Phi) is 7.03. The standard InChI is InChI=1S/C23H32N4O2S/c1-7-12-27-21(18-8-10-19(11-9-18)23(4,5)6)24-25-22(27)30-15-20(28)26-13-16(2)29-17(3)14-26/h7-11,16-17H,1,12-15H2,2-6H3. The molecule has 1 saturated heterocycles. The third-order valence-electron chi connectivity index (χ3n) is 5.13. The molecule has 1 aromatic heterocycles. The van der Waals surface area contributed by atoms with Crippen molar-refractivity contribution in [3.8, 4) is 11.4 Å². The van der Waals surface area contributed by atoms with Crippen molar-refractivity contribution in [2.24, 2.45) is 0 Å². The van der Waals surface area contributed by atoms with E-state index < -0.39 is 0 Å². The van der Waals surface area contributed by atoms with Crippen LogP contribution in [0.15, 0.2) is 42.1 Å². The van der Waals surface area contributed by atoms with Crippen LogP contribution in [0.2, 0.25) is 0 Å². The van der Waals surface area contributed by atoms with Gasteiger partial charge in [-0.25, -0.2) is 0 Å². The Balaban J connectivity index is 1.74. The number of allylic oxidation sites excluding steroid dienone is 1. The number of thioether (sulfide) groups is 1. The van der Waals surface area contributed by atoms with Crippen LogP contribution in [0.1, 0.15) is 40.2 Å². The van der Waals surface area contributed by atoms with Gasteiger partial charge in [0.1, 0.15) is 0 Å². The quantitative estimate of drug-likeness (QED) is 0.511. The molecule has 3 rings (SSSR count). The van der Waals surface area contributed by atoms with E-state index in [0.717, 1.165) is 16.5 Å². The predicted octanol–water partition coefficient (Wildman–Crippen LogP) is 4.16. The van der Waals surface area contributed by atoms with E-state index in [9.17, 15) is 4.79 Å². The third kappa shape index (κ3) is 5.32. The Morgan fingerprint density at radius 3 is 2.40 bits per heavy atom. The van der Waals surface area contributed by atoms with Gasteiger partial charge < -0.3 is 9.64 Å². The molecule has 2 unspecified atom stereocenters. The minimum Gasteiger partial charge on any atom is -0.372 e. The summed E-state index contributed by atoms with van der Waals surface area (Å²) in [5, 5.41) is 9.50. The van der Waals surface area contributed by atoms with Crippen LogP contribution in [0.5, 0.6) is 0 Å². The van der Waals surface area contributed by atoms with Gasteiger partial charge in [-0.15, -0.1) is 16.8 Å². The fraction of sp³-hybridized carbons (Fsp3) is 0.522. The van der Waals surface area contributed by atoms with Crippen molar-refractivity contribution in [2.45, 2.75) is 63.9 Å². The molecule has 1 aromatic carbocycles. The van der Waals surface area contributed by atoms with Crippen molar-refractivity contribution in [1.29, 1.82) is 0 Å². The zero-order valence-electron chi connectivity index (χ0n) is 18.6. The molecule has 1 fully saturated rings. The van der Waals surface area contributed by atoms with E-state index in [-0.39, 0.29) is 23.5 Å². The number of ether oxygens (including phenoxy) is 1. The molecule has 2 heterocycles. The second kappa shape index (κ2) is 9.35. The highest BCUT2D eigenvalue weighted by Gasteiger charge is 2.26. The summed E-state index contributed by atoms with van der Waals surface area (Å²) >= 11 is 1.42. The van der Waals surface area contributed by atoms with E-state index in [1.165, 1.54) is 17.3 Å². The van der Waals surface area contributed by atoms with E-state index >= 15 is 0 Å². The van der Waals surface area contributed by atoms with Crippen molar-refractivity contribution in [3.63, 3.8) is 0 Å². The number of carbonyl (C=O) groups is 1. The number of hydrogen-bond acceptors (Lipinski definition) is 5. The van der Waals surface area contributed by atoms with Crippen molar-refractivity contribution in [1.82, 2.24) is 19.7 Å². The van der Waals surface area contributed by atoms with Crippen LogP contribution in [0.3, 0.4) is 0 Å². The monoisotopic (exact) mass is 428 g/mol. The average Bonchev–Trinajstić information content (AvgIpc) is 3.07. The molecule has 0 spiro atoms. The van der Waals surface area contributed by atoms with Crippen molar-refractivity contribution >= 4 is 17.7 Å². The largest absolute Gasteiger partial charge is 0.372 e. The average molecular weight is 429 g/mol. The SMILES string of the molecule is C=CCn1c(SCC(=O)N2CC(C)OC(C)C2)nnc1-c1ccc(C(C)(C)C)cc1. The maximum absolute atomic E-state index is 12.7. The van der Waals surface area contributed by atoms with Gasteiger partial charge in [-0.3, -0.25) is 9.36 Å². The maximum Gasteiger partial charge on any atom is 0.233 e. The van der Waals surface area contributed by atoms with Crippen LogP contribution >= 0.6 is 11.8 Å². The highest BCUT2D eigenvalue weighted by molar-refractivity contribution is 7.99. The summed E-state index contributed by atoms with van der Waals surface area (Å²) in [7, 11) is 0. The van der Waals surface area contributed by atoms with Gasteiger partial charge in [0.15, 0.2) is 11.0 Å². The van der Waals surface area contributed by atoms with Crippen molar-refractivity contribution in [2.75, 3.05) is 18.8 Å². The lowest BCUT2D eigenvalue weighted by atomic mass is 9.87. The summed E-state index contributed by atoms with van der Waals surface area (Å²) in [6.07, 6.45) is 1.96. The number of carbonyl (C=O) groups excluding carboxylic acids is 1. The van der Waals surface area contributed by atoms with Gasteiger partial charge in [-0.1, -0.05) is 62.9 Å². The van der Waals surface area contributed by atoms with Gasteiger partial charge in [-0.2, -0.15) is 0 Å². The number of morpholine rings is 1. The predicted molar refractivity (Wildman–Crippen MR) is 122 cm³/mol. The summed E-state index contributed by atoms with van der Waals surface area (Å²) in [4.78, 5) is 14.6. The molecule has 6 nitrogen and oxygen atoms in total.